The van der Waals surface area contributed by atoms with Crippen molar-refractivity contribution in [1.29, 1.82) is 0 Å². The maximum absolute atomic E-state index is 8.44. The zero-order valence-electron chi connectivity index (χ0n) is 7.35. The first-order chi connectivity index (χ1) is 6.43. The number of rotatable bonds is 6. The van der Waals surface area contributed by atoms with E-state index in [1.165, 1.54) is 0 Å². The van der Waals surface area contributed by atoms with Gasteiger partial charge in [0.25, 0.3) is 0 Å². The van der Waals surface area contributed by atoms with Crippen LogP contribution in [0.15, 0.2) is 29.4 Å². The highest BCUT2D eigenvalue weighted by atomic mass is 32.2. The van der Waals surface area contributed by atoms with Crippen LogP contribution in [0.25, 0.3) is 0 Å². The molecule has 13 heavy (non-hydrogen) atoms. The van der Waals surface area contributed by atoms with Gasteiger partial charge in [-0.15, -0.1) is 11.8 Å². The Morgan fingerprint density at radius 2 is 2.31 bits per heavy atom. The summed E-state index contributed by atoms with van der Waals surface area (Å²) in [6, 6.07) is 5.83. The summed E-state index contributed by atoms with van der Waals surface area (Å²) in [5, 5.41) is 9.45. The van der Waals surface area contributed by atoms with Gasteiger partial charge in [-0.1, -0.05) is 6.07 Å². The van der Waals surface area contributed by atoms with Gasteiger partial charge in [-0.05, 0) is 12.1 Å². The molecule has 4 heteroatoms. The van der Waals surface area contributed by atoms with Crippen LogP contribution in [0.2, 0.25) is 0 Å². The first-order valence-corrected chi connectivity index (χ1v) is 5.14. The first kappa shape index (κ1) is 10.5. The fourth-order valence-electron chi connectivity index (χ4n) is 0.804. The molecule has 0 aliphatic carbocycles. The minimum atomic E-state index is 0.0915. The Kier molecular flexibility index (Phi) is 5.56. The Balaban J connectivity index is 2.07. The van der Waals surface area contributed by atoms with E-state index >= 15 is 0 Å². The normalized spacial score (nSPS) is 10.2. The Morgan fingerprint density at radius 3 is 3.00 bits per heavy atom. The second kappa shape index (κ2) is 6.88. The van der Waals surface area contributed by atoms with E-state index in [0.717, 1.165) is 10.8 Å². The number of pyridine rings is 1. The van der Waals surface area contributed by atoms with E-state index in [0.29, 0.717) is 13.2 Å². The zero-order valence-corrected chi connectivity index (χ0v) is 8.17. The molecular weight excluding hydrogens is 186 g/mol. The summed E-state index contributed by atoms with van der Waals surface area (Å²) in [7, 11) is 0. The van der Waals surface area contributed by atoms with Crippen LogP contribution >= 0.6 is 11.8 Å². The van der Waals surface area contributed by atoms with E-state index in [-0.39, 0.29) is 6.61 Å². The van der Waals surface area contributed by atoms with E-state index in [1.807, 2.05) is 18.2 Å². The minimum Gasteiger partial charge on any atom is -0.394 e. The Labute approximate surface area is 82.1 Å². The summed E-state index contributed by atoms with van der Waals surface area (Å²) >= 11 is 1.65. The molecule has 1 aromatic heterocycles. The minimum absolute atomic E-state index is 0.0915. The monoisotopic (exact) mass is 199 g/mol. The zero-order chi connectivity index (χ0) is 9.36. The maximum Gasteiger partial charge on any atom is 0.0960 e. The third kappa shape index (κ3) is 4.87. The number of aliphatic hydroxyl groups excluding tert-OH is 1. The van der Waals surface area contributed by atoms with Crippen LogP contribution in [0, 0.1) is 0 Å². The largest absolute Gasteiger partial charge is 0.394 e. The van der Waals surface area contributed by atoms with Crippen molar-refractivity contribution < 1.29 is 9.84 Å². The molecule has 1 heterocycles. The van der Waals surface area contributed by atoms with Crippen molar-refractivity contribution in [3.05, 3.63) is 24.4 Å². The summed E-state index contributed by atoms with van der Waals surface area (Å²) in [6.07, 6.45) is 1.77. The molecule has 0 spiro atoms. The first-order valence-electron chi connectivity index (χ1n) is 4.16. The smallest absolute Gasteiger partial charge is 0.0960 e. The fourth-order valence-corrected chi connectivity index (χ4v) is 1.52. The average Bonchev–Trinajstić information content (AvgIpc) is 2.19. The lowest BCUT2D eigenvalue weighted by Gasteiger charge is -2.01. The second-order valence-corrected chi connectivity index (χ2v) is 3.47. The van der Waals surface area contributed by atoms with Gasteiger partial charge in [0.05, 0.1) is 24.8 Å². The Bertz CT molecular complexity index is 218. The third-order valence-corrected chi connectivity index (χ3v) is 2.26. The van der Waals surface area contributed by atoms with Gasteiger partial charge in [0.1, 0.15) is 0 Å². The molecule has 0 amide bonds. The van der Waals surface area contributed by atoms with Crippen molar-refractivity contribution in [3.8, 4) is 0 Å². The molecule has 0 saturated heterocycles. The highest BCUT2D eigenvalue weighted by Crippen LogP contribution is 2.12. The molecule has 0 unspecified atom stereocenters. The lowest BCUT2D eigenvalue weighted by molar-refractivity contribution is 0.103. The van der Waals surface area contributed by atoms with Crippen molar-refractivity contribution in [2.24, 2.45) is 0 Å². The highest BCUT2D eigenvalue weighted by molar-refractivity contribution is 7.99. The topological polar surface area (TPSA) is 42.4 Å². The van der Waals surface area contributed by atoms with Crippen molar-refractivity contribution in [2.45, 2.75) is 5.03 Å². The molecule has 3 nitrogen and oxygen atoms in total. The molecule has 0 aromatic carbocycles. The average molecular weight is 199 g/mol. The van der Waals surface area contributed by atoms with Crippen LogP contribution < -0.4 is 0 Å². The predicted molar refractivity (Wildman–Crippen MR) is 52.9 cm³/mol. The number of hydrogen-bond acceptors (Lipinski definition) is 4. The predicted octanol–water partition coefficient (Wildman–Crippen LogP) is 1.18. The number of nitrogens with zero attached hydrogens (tertiary/aromatic N) is 1. The van der Waals surface area contributed by atoms with Gasteiger partial charge in [0.2, 0.25) is 0 Å². The van der Waals surface area contributed by atoms with Gasteiger partial charge < -0.3 is 9.84 Å². The van der Waals surface area contributed by atoms with Crippen molar-refractivity contribution >= 4 is 11.8 Å². The van der Waals surface area contributed by atoms with Crippen molar-refractivity contribution in [3.63, 3.8) is 0 Å². The molecule has 0 fully saturated rings. The molecule has 1 N–H and O–H groups in total. The molecule has 0 aliphatic rings. The van der Waals surface area contributed by atoms with Crippen LogP contribution in [-0.2, 0) is 4.74 Å². The molecule has 1 rings (SSSR count). The Morgan fingerprint density at radius 1 is 1.38 bits per heavy atom. The molecule has 72 valence electrons. The Hall–Kier alpha value is -0.580. The fraction of sp³-hybridized carbons (Fsp3) is 0.444. The summed E-state index contributed by atoms with van der Waals surface area (Å²) in [5.41, 5.74) is 0. The van der Waals surface area contributed by atoms with Crippen LogP contribution in [0.3, 0.4) is 0 Å². The quantitative estimate of drug-likeness (QED) is 0.552. The van der Waals surface area contributed by atoms with Gasteiger partial charge >= 0.3 is 0 Å². The number of hydrogen-bond donors (Lipinski definition) is 1. The summed E-state index contributed by atoms with van der Waals surface area (Å²) in [6.45, 7) is 1.17. The van der Waals surface area contributed by atoms with Gasteiger partial charge in [0, 0.05) is 11.9 Å². The van der Waals surface area contributed by atoms with Crippen LogP contribution in [0.4, 0.5) is 0 Å². The lowest BCUT2D eigenvalue weighted by atomic mass is 10.5. The lowest BCUT2D eigenvalue weighted by Crippen LogP contribution is -2.02. The number of aromatic nitrogens is 1. The van der Waals surface area contributed by atoms with Gasteiger partial charge in [-0.25, -0.2) is 4.98 Å². The van der Waals surface area contributed by atoms with E-state index in [9.17, 15) is 0 Å². The van der Waals surface area contributed by atoms with E-state index in [4.69, 9.17) is 9.84 Å². The molecule has 0 bridgehead atoms. The van der Waals surface area contributed by atoms with Gasteiger partial charge in [-0.2, -0.15) is 0 Å². The number of ether oxygens (including phenoxy) is 1. The summed E-state index contributed by atoms with van der Waals surface area (Å²) in [5.74, 6) is 0.872. The van der Waals surface area contributed by atoms with E-state index in [1.54, 1.807) is 18.0 Å². The van der Waals surface area contributed by atoms with Gasteiger partial charge in [0.15, 0.2) is 0 Å². The molecule has 0 radical (unpaired) electrons. The molecule has 0 saturated carbocycles. The third-order valence-electron chi connectivity index (χ3n) is 1.35. The highest BCUT2D eigenvalue weighted by Gasteiger charge is 1.93. The van der Waals surface area contributed by atoms with E-state index < -0.39 is 0 Å². The van der Waals surface area contributed by atoms with Crippen molar-refractivity contribution in [2.75, 3.05) is 25.6 Å². The molecule has 1 aromatic rings. The summed E-state index contributed by atoms with van der Waals surface area (Å²) in [4.78, 5) is 4.15. The maximum atomic E-state index is 8.44. The molecule has 0 atom stereocenters. The van der Waals surface area contributed by atoms with Crippen LogP contribution in [0.1, 0.15) is 0 Å². The standard InChI is InChI=1S/C9H13NO2S/c11-5-6-12-7-8-13-9-3-1-2-4-10-9/h1-4,11H,5-8H2. The number of thioether (sulfide) groups is 1. The van der Waals surface area contributed by atoms with Crippen molar-refractivity contribution in [1.82, 2.24) is 4.98 Å². The van der Waals surface area contributed by atoms with Gasteiger partial charge in [-0.3, -0.25) is 0 Å². The molecular formula is C9H13NO2S. The van der Waals surface area contributed by atoms with E-state index in [2.05, 4.69) is 4.98 Å². The van der Waals surface area contributed by atoms with Crippen LogP contribution in [0.5, 0.6) is 0 Å². The SMILES string of the molecule is OCCOCCSc1ccccn1. The molecule has 0 aliphatic heterocycles. The van der Waals surface area contributed by atoms with Crippen LogP contribution in [-0.4, -0.2) is 35.7 Å². The summed E-state index contributed by atoms with van der Waals surface area (Å²) < 4.78 is 5.11. The second-order valence-electron chi connectivity index (χ2n) is 2.35. The number of aliphatic hydroxyl groups is 1.